The monoisotopic (exact) mass is 330 g/mol. The maximum absolute atomic E-state index is 12.4. The zero-order chi connectivity index (χ0) is 15.6. The highest BCUT2D eigenvalue weighted by Gasteiger charge is 2.21. The molecule has 1 aromatic heterocycles. The van der Waals surface area contributed by atoms with E-state index in [-0.39, 0.29) is 15.7 Å². The average Bonchev–Trinajstić information content (AvgIpc) is 2.78. The van der Waals surface area contributed by atoms with Crippen molar-refractivity contribution in [2.24, 2.45) is 0 Å². The van der Waals surface area contributed by atoms with Crippen molar-refractivity contribution in [3.8, 4) is 5.75 Å². The Bertz CT molecular complexity index is 756. The van der Waals surface area contributed by atoms with Crippen molar-refractivity contribution >= 4 is 27.4 Å². The minimum absolute atomic E-state index is 0.0663. The summed E-state index contributed by atoms with van der Waals surface area (Å²) < 4.78 is 37.2. The number of hydrogen-bond donors (Lipinski definition) is 1. The molecule has 0 amide bonds. The van der Waals surface area contributed by atoms with Crippen LogP contribution in [0.5, 0.6) is 5.75 Å². The second-order valence-corrected chi connectivity index (χ2v) is 6.47. The summed E-state index contributed by atoms with van der Waals surface area (Å²) in [7, 11) is -3.80. The molecular formula is C13H15ClN2O4S. The molecule has 21 heavy (non-hydrogen) atoms. The molecule has 6 nitrogen and oxygen atoms in total. The Labute approximate surface area is 128 Å². The highest BCUT2D eigenvalue weighted by atomic mass is 35.5. The Kier molecular flexibility index (Phi) is 4.43. The fourth-order valence-corrected chi connectivity index (χ4v) is 3.32. The molecule has 1 N–H and O–H groups in total. The predicted molar refractivity (Wildman–Crippen MR) is 79.4 cm³/mol. The summed E-state index contributed by atoms with van der Waals surface area (Å²) in [4.78, 5) is 0.0663. The first-order chi connectivity index (χ1) is 9.83. The lowest BCUT2D eigenvalue weighted by molar-refractivity contribution is 0.340. The summed E-state index contributed by atoms with van der Waals surface area (Å²) in [5.74, 6) is 1.08. The summed E-state index contributed by atoms with van der Waals surface area (Å²) >= 11 is 6.04. The van der Waals surface area contributed by atoms with E-state index in [0.717, 1.165) is 0 Å². The number of halogens is 1. The van der Waals surface area contributed by atoms with Gasteiger partial charge in [-0.15, -0.1) is 0 Å². The molecule has 0 radical (unpaired) electrons. The summed E-state index contributed by atoms with van der Waals surface area (Å²) in [5.41, 5.74) is 0.524. The molecule has 0 bridgehead atoms. The normalized spacial score (nSPS) is 11.4. The molecule has 0 fully saturated rings. The molecule has 2 aromatic rings. The minimum atomic E-state index is -3.80. The van der Waals surface area contributed by atoms with Crippen LogP contribution in [0.4, 0.5) is 5.82 Å². The van der Waals surface area contributed by atoms with E-state index in [2.05, 4.69) is 9.88 Å². The lowest BCUT2D eigenvalue weighted by atomic mass is 10.2. The topological polar surface area (TPSA) is 81.4 Å². The number of nitrogens with zero attached hydrogens (tertiary/aromatic N) is 1. The molecule has 114 valence electrons. The van der Waals surface area contributed by atoms with Gasteiger partial charge in [0.2, 0.25) is 0 Å². The standard InChI is InChI=1S/C13H15ClN2O4S/c1-4-19-11-5-8(2)12(7-10(11)14)21(17,18)16-13-6-9(3)20-15-13/h5-7H,4H2,1-3H3,(H,15,16). The number of benzene rings is 1. The van der Waals surface area contributed by atoms with Gasteiger partial charge in [0, 0.05) is 6.07 Å². The molecule has 1 aromatic carbocycles. The van der Waals surface area contributed by atoms with E-state index in [4.69, 9.17) is 20.9 Å². The molecule has 2 rings (SSSR count). The summed E-state index contributed by atoms with van der Waals surface area (Å²) in [6.45, 7) is 5.61. The minimum Gasteiger partial charge on any atom is -0.492 e. The van der Waals surface area contributed by atoms with E-state index in [0.29, 0.717) is 23.7 Å². The van der Waals surface area contributed by atoms with Gasteiger partial charge in [-0.3, -0.25) is 4.72 Å². The molecule has 1 heterocycles. The van der Waals surface area contributed by atoms with Gasteiger partial charge in [-0.1, -0.05) is 16.8 Å². The first kappa shape index (κ1) is 15.7. The second kappa shape index (κ2) is 5.95. The van der Waals surface area contributed by atoms with Crippen LogP contribution in [0.3, 0.4) is 0 Å². The van der Waals surface area contributed by atoms with Gasteiger partial charge in [-0.2, -0.15) is 0 Å². The first-order valence-electron chi connectivity index (χ1n) is 6.22. The van der Waals surface area contributed by atoms with Crippen molar-refractivity contribution in [1.82, 2.24) is 5.16 Å². The van der Waals surface area contributed by atoms with Gasteiger partial charge in [0.25, 0.3) is 10.0 Å². The number of aryl methyl sites for hydroxylation is 2. The van der Waals surface area contributed by atoms with Crippen LogP contribution in [-0.2, 0) is 10.0 Å². The van der Waals surface area contributed by atoms with Crippen LogP contribution in [0.1, 0.15) is 18.2 Å². The maximum Gasteiger partial charge on any atom is 0.263 e. The Morgan fingerprint density at radius 1 is 1.33 bits per heavy atom. The van der Waals surface area contributed by atoms with Gasteiger partial charge < -0.3 is 9.26 Å². The van der Waals surface area contributed by atoms with Crippen molar-refractivity contribution in [2.75, 3.05) is 11.3 Å². The van der Waals surface area contributed by atoms with Crippen LogP contribution in [0.25, 0.3) is 0 Å². The lowest BCUT2D eigenvalue weighted by Crippen LogP contribution is -2.14. The lowest BCUT2D eigenvalue weighted by Gasteiger charge is -2.12. The van der Waals surface area contributed by atoms with Crippen LogP contribution in [-0.4, -0.2) is 20.2 Å². The molecule has 0 aliphatic heterocycles. The number of anilines is 1. The van der Waals surface area contributed by atoms with Crippen molar-refractivity contribution in [1.29, 1.82) is 0 Å². The highest BCUT2D eigenvalue weighted by Crippen LogP contribution is 2.31. The van der Waals surface area contributed by atoms with Gasteiger partial charge in [0.15, 0.2) is 5.82 Å². The van der Waals surface area contributed by atoms with Crippen LogP contribution in [0.2, 0.25) is 5.02 Å². The number of aromatic nitrogens is 1. The first-order valence-corrected chi connectivity index (χ1v) is 8.08. The van der Waals surface area contributed by atoms with Crippen LogP contribution < -0.4 is 9.46 Å². The van der Waals surface area contributed by atoms with Crippen molar-refractivity contribution in [3.63, 3.8) is 0 Å². The third-order valence-corrected chi connectivity index (χ3v) is 4.48. The largest absolute Gasteiger partial charge is 0.492 e. The molecule has 0 saturated carbocycles. The van der Waals surface area contributed by atoms with Crippen molar-refractivity contribution in [3.05, 3.63) is 34.5 Å². The van der Waals surface area contributed by atoms with E-state index in [1.165, 1.54) is 12.1 Å². The van der Waals surface area contributed by atoms with E-state index in [9.17, 15) is 8.42 Å². The Morgan fingerprint density at radius 3 is 2.62 bits per heavy atom. The number of hydrogen-bond acceptors (Lipinski definition) is 5. The van der Waals surface area contributed by atoms with E-state index >= 15 is 0 Å². The molecule has 0 atom stereocenters. The average molecular weight is 331 g/mol. The van der Waals surface area contributed by atoms with Gasteiger partial charge in [-0.05, 0) is 38.5 Å². The molecule has 0 aliphatic rings. The SMILES string of the molecule is CCOc1cc(C)c(S(=O)(=O)Nc2cc(C)on2)cc1Cl. The van der Waals surface area contributed by atoms with Gasteiger partial charge in [-0.25, -0.2) is 8.42 Å². The summed E-state index contributed by atoms with van der Waals surface area (Å²) in [6, 6.07) is 4.44. The third-order valence-electron chi connectivity index (χ3n) is 2.69. The Morgan fingerprint density at radius 2 is 2.05 bits per heavy atom. The number of sulfonamides is 1. The molecule has 0 saturated heterocycles. The van der Waals surface area contributed by atoms with E-state index in [1.807, 2.05) is 6.92 Å². The summed E-state index contributed by atoms with van der Waals surface area (Å²) in [5, 5.41) is 3.84. The fraction of sp³-hybridized carbons (Fsp3) is 0.308. The number of ether oxygens (including phenoxy) is 1. The Hall–Kier alpha value is -1.73. The Balaban J connectivity index is 2.38. The quantitative estimate of drug-likeness (QED) is 0.910. The zero-order valence-corrected chi connectivity index (χ0v) is 13.4. The number of nitrogens with one attached hydrogen (secondary N) is 1. The van der Waals surface area contributed by atoms with Crippen LogP contribution in [0.15, 0.2) is 27.6 Å². The van der Waals surface area contributed by atoms with Crippen molar-refractivity contribution < 1.29 is 17.7 Å². The molecule has 0 spiro atoms. The van der Waals surface area contributed by atoms with E-state index in [1.54, 1.807) is 19.9 Å². The zero-order valence-electron chi connectivity index (χ0n) is 11.8. The smallest absolute Gasteiger partial charge is 0.263 e. The second-order valence-electron chi connectivity index (χ2n) is 4.41. The molecule has 0 aliphatic carbocycles. The molecule has 0 unspecified atom stereocenters. The molecule has 8 heteroatoms. The van der Waals surface area contributed by atoms with Crippen LogP contribution in [0, 0.1) is 13.8 Å². The predicted octanol–water partition coefficient (Wildman–Crippen LogP) is 3.14. The van der Waals surface area contributed by atoms with Crippen molar-refractivity contribution in [2.45, 2.75) is 25.7 Å². The van der Waals surface area contributed by atoms with Crippen LogP contribution >= 0.6 is 11.6 Å². The highest BCUT2D eigenvalue weighted by molar-refractivity contribution is 7.92. The van der Waals surface area contributed by atoms with Gasteiger partial charge in [0.05, 0.1) is 16.5 Å². The van der Waals surface area contributed by atoms with Gasteiger partial charge in [0.1, 0.15) is 11.5 Å². The van der Waals surface area contributed by atoms with E-state index < -0.39 is 10.0 Å². The third kappa shape index (κ3) is 3.48. The summed E-state index contributed by atoms with van der Waals surface area (Å²) in [6.07, 6.45) is 0. The maximum atomic E-state index is 12.4. The van der Waals surface area contributed by atoms with Gasteiger partial charge >= 0.3 is 0 Å². The number of rotatable bonds is 5. The molecular weight excluding hydrogens is 316 g/mol. The fourth-order valence-electron chi connectivity index (χ4n) is 1.80.